The highest BCUT2D eigenvalue weighted by Gasteiger charge is 2.06. The Hall–Kier alpha value is -2.81. The van der Waals surface area contributed by atoms with Gasteiger partial charge in [0.25, 0.3) is 0 Å². The summed E-state index contributed by atoms with van der Waals surface area (Å²) in [4.78, 5) is 8.53. The lowest BCUT2D eigenvalue weighted by atomic mass is 10.2. The van der Waals surface area contributed by atoms with E-state index in [-0.39, 0.29) is 0 Å². The molecular formula is C17H11Cl2N5. The summed E-state index contributed by atoms with van der Waals surface area (Å²) in [7, 11) is 0. The van der Waals surface area contributed by atoms with E-state index in [4.69, 9.17) is 28.5 Å². The van der Waals surface area contributed by atoms with E-state index in [9.17, 15) is 0 Å². The van der Waals surface area contributed by atoms with E-state index in [1.807, 2.05) is 6.07 Å². The molecule has 2 aromatic carbocycles. The number of nitriles is 1. The first-order chi connectivity index (χ1) is 11.7. The zero-order valence-corrected chi connectivity index (χ0v) is 13.8. The van der Waals surface area contributed by atoms with Crippen LogP contribution in [0.15, 0.2) is 54.7 Å². The van der Waals surface area contributed by atoms with E-state index in [0.29, 0.717) is 38.7 Å². The highest BCUT2D eigenvalue weighted by atomic mass is 35.5. The third kappa shape index (κ3) is 3.74. The molecule has 3 rings (SSSR count). The molecule has 0 atom stereocenters. The van der Waals surface area contributed by atoms with Crippen molar-refractivity contribution in [3.8, 4) is 6.07 Å². The number of hydrogen-bond acceptors (Lipinski definition) is 5. The van der Waals surface area contributed by atoms with E-state index < -0.39 is 0 Å². The number of para-hydroxylation sites is 1. The Balaban J connectivity index is 1.84. The van der Waals surface area contributed by atoms with Crippen molar-refractivity contribution in [2.75, 3.05) is 10.6 Å². The van der Waals surface area contributed by atoms with Crippen molar-refractivity contribution in [3.05, 3.63) is 70.3 Å². The predicted molar refractivity (Wildman–Crippen MR) is 96.2 cm³/mol. The van der Waals surface area contributed by atoms with Crippen LogP contribution in [-0.4, -0.2) is 9.97 Å². The molecule has 5 nitrogen and oxygen atoms in total. The van der Waals surface area contributed by atoms with Crippen LogP contribution in [0.5, 0.6) is 0 Å². The zero-order chi connectivity index (χ0) is 16.9. The molecule has 24 heavy (non-hydrogen) atoms. The summed E-state index contributed by atoms with van der Waals surface area (Å²) in [5, 5.41) is 16.4. The smallest absolute Gasteiger partial charge is 0.229 e. The molecule has 0 aliphatic rings. The topological polar surface area (TPSA) is 73.6 Å². The maximum atomic E-state index is 9.13. The van der Waals surface area contributed by atoms with E-state index in [1.165, 1.54) is 0 Å². The van der Waals surface area contributed by atoms with Gasteiger partial charge in [-0.1, -0.05) is 35.3 Å². The normalized spacial score (nSPS) is 10.0. The minimum absolute atomic E-state index is 0.362. The van der Waals surface area contributed by atoms with E-state index >= 15 is 0 Å². The maximum absolute atomic E-state index is 9.13. The van der Waals surface area contributed by atoms with Crippen LogP contribution in [0.1, 0.15) is 5.56 Å². The van der Waals surface area contributed by atoms with Crippen LogP contribution in [0.25, 0.3) is 0 Å². The molecule has 0 amide bonds. The monoisotopic (exact) mass is 355 g/mol. The Kier molecular flexibility index (Phi) is 4.80. The lowest BCUT2D eigenvalue weighted by Crippen LogP contribution is -2.01. The molecule has 3 aromatic rings. The molecule has 0 radical (unpaired) electrons. The summed E-state index contributed by atoms with van der Waals surface area (Å²) in [6, 6.07) is 16.1. The molecule has 0 unspecified atom stereocenters. The second kappa shape index (κ2) is 7.18. The second-order valence-corrected chi connectivity index (χ2v) is 5.64. The summed E-state index contributed by atoms with van der Waals surface area (Å²) in [5.41, 5.74) is 1.79. The molecule has 0 aliphatic carbocycles. The summed E-state index contributed by atoms with van der Waals surface area (Å²) >= 11 is 12.1. The van der Waals surface area contributed by atoms with Gasteiger partial charge in [-0.15, -0.1) is 0 Å². The molecule has 0 saturated heterocycles. The molecule has 0 spiro atoms. The van der Waals surface area contributed by atoms with Gasteiger partial charge in [0.1, 0.15) is 11.9 Å². The van der Waals surface area contributed by atoms with Crippen molar-refractivity contribution in [2.45, 2.75) is 0 Å². The fraction of sp³-hybridized carbons (Fsp3) is 0. The van der Waals surface area contributed by atoms with E-state index in [2.05, 4.69) is 26.7 Å². The molecule has 7 heteroatoms. The van der Waals surface area contributed by atoms with Gasteiger partial charge in [0, 0.05) is 11.2 Å². The van der Waals surface area contributed by atoms with Gasteiger partial charge in [-0.2, -0.15) is 10.2 Å². The van der Waals surface area contributed by atoms with Crippen LogP contribution < -0.4 is 10.6 Å². The van der Waals surface area contributed by atoms with Crippen LogP contribution in [0.4, 0.5) is 23.1 Å². The number of rotatable bonds is 4. The Morgan fingerprint density at radius 3 is 2.62 bits per heavy atom. The first kappa shape index (κ1) is 16.1. The first-order valence-electron chi connectivity index (χ1n) is 6.97. The Morgan fingerprint density at radius 1 is 0.958 bits per heavy atom. The Morgan fingerprint density at radius 2 is 1.79 bits per heavy atom. The van der Waals surface area contributed by atoms with Gasteiger partial charge in [-0.25, -0.2) is 4.98 Å². The van der Waals surface area contributed by atoms with Gasteiger partial charge in [0.2, 0.25) is 5.95 Å². The summed E-state index contributed by atoms with van der Waals surface area (Å²) in [6.07, 6.45) is 1.60. The van der Waals surface area contributed by atoms with Gasteiger partial charge < -0.3 is 10.6 Å². The SMILES string of the molecule is N#Cc1ccccc1Nc1nccc(Nc2cc(Cl)ccc2Cl)n1. The fourth-order valence-corrected chi connectivity index (χ4v) is 2.37. The third-order valence-electron chi connectivity index (χ3n) is 3.14. The number of nitrogens with zero attached hydrogens (tertiary/aromatic N) is 3. The third-order valence-corrected chi connectivity index (χ3v) is 3.71. The van der Waals surface area contributed by atoms with Gasteiger partial charge in [-0.05, 0) is 36.4 Å². The molecule has 0 bridgehead atoms. The first-order valence-corrected chi connectivity index (χ1v) is 7.72. The fourth-order valence-electron chi connectivity index (χ4n) is 2.03. The van der Waals surface area contributed by atoms with Crippen LogP contribution >= 0.6 is 23.2 Å². The van der Waals surface area contributed by atoms with Crippen molar-refractivity contribution < 1.29 is 0 Å². The molecule has 0 saturated carbocycles. The van der Waals surface area contributed by atoms with Crippen molar-refractivity contribution >= 4 is 46.3 Å². The largest absolute Gasteiger partial charge is 0.339 e. The quantitative estimate of drug-likeness (QED) is 0.677. The lowest BCUT2D eigenvalue weighted by molar-refractivity contribution is 1.16. The van der Waals surface area contributed by atoms with Gasteiger partial charge >= 0.3 is 0 Å². The average Bonchev–Trinajstić information content (AvgIpc) is 2.59. The number of nitrogens with one attached hydrogen (secondary N) is 2. The Bertz CT molecular complexity index is 921. The molecule has 1 heterocycles. The molecule has 0 fully saturated rings. The summed E-state index contributed by atoms with van der Waals surface area (Å²) < 4.78 is 0. The van der Waals surface area contributed by atoms with Crippen molar-refractivity contribution in [2.24, 2.45) is 0 Å². The van der Waals surface area contributed by atoms with Gasteiger partial charge in [0.05, 0.1) is 22.0 Å². The second-order valence-electron chi connectivity index (χ2n) is 4.80. The number of anilines is 4. The molecular weight excluding hydrogens is 345 g/mol. The van der Waals surface area contributed by atoms with E-state index in [1.54, 1.807) is 48.7 Å². The standard InChI is InChI=1S/C17H11Cl2N5/c18-12-5-6-13(19)15(9-12)22-16-7-8-21-17(24-16)23-14-4-2-1-3-11(14)10-20/h1-9H,(H2,21,22,23,24). The lowest BCUT2D eigenvalue weighted by Gasteiger charge is -2.10. The number of aromatic nitrogens is 2. The Labute approximate surface area is 148 Å². The van der Waals surface area contributed by atoms with Crippen LogP contribution in [-0.2, 0) is 0 Å². The summed E-state index contributed by atoms with van der Waals surface area (Å²) in [5.74, 6) is 0.909. The van der Waals surface area contributed by atoms with Gasteiger partial charge in [0.15, 0.2) is 0 Å². The molecule has 118 valence electrons. The number of hydrogen-bond donors (Lipinski definition) is 2. The van der Waals surface area contributed by atoms with Crippen LogP contribution in [0, 0.1) is 11.3 Å². The predicted octanol–water partition coefficient (Wildman–Crippen LogP) is 5.14. The highest BCUT2D eigenvalue weighted by Crippen LogP contribution is 2.28. The van der Waals surface area contributed by atoms with Crippen LogP contribution in [0.2, 0.25) is 10.0 Å². The van der Waals surface area contributed by atoms with Crippen molar-refractivity contribution in [1.82, 2.24) is 9.97 Å². The van der Waals surface area contributed by atoms with E-state index in [0.717, 1.165) is 0 Å². The van der Waals surface area contributed by atoms with Gasteiger partial charge in [-0.3, -0.25) is 0 Å². The number of halogens is 2. The average molecular weight is 356 g/mol. The zero-order valence-electron chi connectivity index (χ0n) is 12.3. The van der Waals surface area contributed by atoms with Crippen molar-refractivity contribution in [3.63, 3.8) is 0 Å². The number of benzene rings is 2. The molecule has 0 aliphatic heterocycles. The minimum atomic E-state index is 0.362. The minimum Gasteiger partial charge on any atom is -0.339 e. The molecule has 1 aromatic heterocycles. The van der Waals surface area contributed by atoms with Crippen molar-refractivity contribution in [1.29, 1.82) is 5.26 Å². The van der Waals surface area contributed by atoms with Crippen LogP contribution in [0.3, 0.4) is 0 Å². The highest BCUT2D eigenvalue weighted by molar-refractivity contribution is 6.35. The molecule has 2 N–H and O–H groups in total. The summed E-state index contributed by atoms with van der Waals surface area (Å²) in [6.45, 7) is 0. The maximum Gasteiger partial charge on any atom is 0.229 e.